The van der Waals surface area contributed by atoms with Crippen molar-refractivity contribution < 1.29 is 8.42 Å². The van der Waals surface area contributed by atoms with Gasteiger partial charge in [-0.05, 0) is 37.6 Å². The van der Waals surface area contributed by atoms with Crippen LogP contribution in [0.1, 0.15) is 40.5 Å². The van der Waals surface area contributed by atoms with Gasteiger partial charge in [0.05, 0.1) is 11.3 Å². The van der Waals surface area contributed by atoms with Gasteiger partial charge in [0.15, 0.2) is 0 Å². The Morgan fingerprint density at radius 3 is 2.44 bits per heavy atom. The van der Waals surface area contributed by atoms with E-state index in [1.807, 2.05) is 27.7 Å². The highest BCUT2D eigenvalue weighted by Crippen LogP contribution is 2.17. The number of unbranched alkanes of at least 4 members (excludes halogenated alkanes) is 1. The van der Waals surface area contributed by atoms with Crippen LogP contribution in [0.2, 0.25) is 0 Å². The van der Waals surface area contributed by atoms with Gasteiger partial charge in [0.1, 0.15) is 0 Å². The Hall–Kier alpha value is -0.980. The summed E-state index contributed by atoms with van der Waals surface area (Å²) >= 11 is 0. The zero-order valence-electron chi connectivity index (χ0n) is 10.1. The van der Waals surface area contributed by atoms with Gasteiger partial charge in [-0.15, -0.1) is 0 Å². The Balaban J connectivity index is 3.10. The van der Waals surface area contributed by atoms with E-state index in [-0.39, 0.29) is 10.9 Å². The van der Waals surface area contributed by atoms with E-state index in [2.05, 4.69) is 15.5 Å². The van der Waals surface area contributed by atoms with Crippen LogP contribution < -0.4 is 0 Å². The molecule has 0 aliphatic rings. The lowest BCUT2D eigenvalue weighted by Crippen LogP contribution is -2.28. The fourth-order valence-corrected chi connectivity index (χ4v) is 2.81. The van der Waals surface area contributed by atoms with Crippen LogP contribution in [0.5, 0.6) is 0 Å². The highest BCUT2D eigenvalue weighted by molar-refractivity contribution is 7.91. The molecule has 0 saturated carbocycles. The molecule has 0 amide bonds. The SMILES string of the molecule is CCCCS(=O)(=O)c1nnnn1C(C)(C)C. The quantitative estimate of drug-likeness (QED) is 0.792. The van der Waals surface area contributed by atoms with E-state index < -0.39 is 15.4 Å². The molecule has 0 bridgehead atoms. The number of hydrogen-bond donors (Lipinski definition) is 0. The van der Waals surface area contributed by atoms with Gasteiger partial charge in [-0.3, -0.25) is 0 Å². The van der Waals surface area contributed by atoms with Gasteiger partial charge in [0, 0.05) is 0 Å². The fourth-order valence-electron chi connectivity index (χ4n) is 1.22. The maximum atomic E-state index is 12.0. The van der Waals surface area contributed by atoms with Gasteiger partial charge >= 0.3 is 0 Å². The maximum Gasteiger partial charge on any atom is 0.268 e. The van der Waals surface area contributed by atoms with Crippen LogP contribution in [-0.2, 0) is 15.4 Å². The Bertz CT molecular complexity index is 444. The number of rotatable bonds is 4. The molecule has 0 fully saturated rings. The zero-order valence-corrected chi connectivity index (χ0v) is 11.0. The summed E-state index contributed by atoms with van der Waals surface area (Å²) in [5.41, 5.74) is -0.432. The molecule has 1 rings (SSSR count). The van der Waals surface area contributed by atoms with Crippen LogP contribution >= 0.6 is 0 Å². The molecule has 1 heterocycles. The van der Waals surface area contributed by atoms with E-state index in [0.717, 1.165) is 6.42 Å². The van der Waals surface area contributed by atoms with Crippen LogP contribution in [-0.4, -0.2) is 34.4 Å². The highest BCUT2D eigenvalue weighted by Gasteiger charge is 2.28. The minimum Gasteiger partial charge on any atom is -0.220 e. The molecular weight excluding hydrogens is 228 g/mol. The van der Waals surface area contributed by atoms with Crippen molar-refractivity contribution in [2.45, 2.75) is 51.2 Å². The Kier molecular flexibility index (Phi) is 3.67. The first kappa shape index (κ1) is 13.1. The Morgan fingerprint density at radius 1 is 1.31 bits per heavy atom. The summed E-state index contributed by atoms with van der Waals surface area (Å²) in [5, 5.41) is 10.8. The summed E-state index contributed by atoms with van der Waals surface area (Å²) in [4.78, 5) is 0. The second-order valence-corrected chi connectivity index (χ2v) is 6.72. The monoisotopic (exact) mass is 246 g/mol. The smallest absolute Gasteiger partial charge is 0.220 e. The van der Waals surface area contributed by atoms with Crippen molar-refractivity contribution in [3.63, 3.8) is 0 Å². The van der Waals surface area contributed by atoms with Crippen LogP contribution in [0.15, 0.2) is 5.16 Å². The van der Waals surface area contributed by atoms with E-state index in [1.165, 1.54) is 4.68 Å². The summed E-state index contributed by atoms with van der Waals surface area (Å²) in [6.07, 6.45) is 1.45. The maximum absolute atomic E-state index is 12.0. The highest BCUT2D eigenvalue weighted by atomic mass is 32.2. The molecule has 6 nitrogen and oxygen atoms in total. The Morgan fingerprint density at radius 2 is 1.94 bits per heavy atom. The summed E-state index contributed by atoms with van der Waals surface area (Å²) in [7, 11) is -3.37. The first-order chi connectivity index (χ1) is 7.29. The van der Waals surface area contributed by atoms with Crippen molar-refractivity contribution >= 4 is 9.84 Å². The number of tetrazole rings is 1. The van der Waals surface area contributed by atoms with Crippen molar-refractivity contribution in [1.29, 1.82) is 0 Å². The summed E-state index contributed by atoms with van der Waals surface area (Å²) in [5.74, 6) is 0.0972. The predicted molar refractivity (Wildman–Crippen MR) is 59.8 cm³/mol. The van der Waals surface area contributed by atoms with E-state index in [4.69, 9.17) is 0 Å². The molecule has 1 aromatic rings. The average molecular weight is 246 g/mol. The molecule has 0 spiro atoms. The number of aromatic nitrogens is 4. The number of sulfone groups is 1. The van der Waals surface area contributed by atoms with Crippen molar-refractivity contribution in [2.24, 2.45) is 0 Å². The molecule has 0 aliphatic heterocycles. The third-order valence-electron chi connectivity index (χ3n) is 2.12. The molecule has 16 heavy (non-hydrogen) atoms. The normalized spacial score (nSPS) is 13.0. The van der Waals surface area contributed by atoms with E-state index in [1.54, 1.807) is 0 Å². The van der Waals surface area contributed by atoms with Gasteiger partial charge in [-0.25, -0.2) is 13.1 Å². The Labute approximate surface area is 96.0 Å². The minimum atomic E-state index is -3.37. The lowest BCUT2D eigenvalue weighted by Gasteiger charge is -2.19. The number of nitrogens with zero attached hydrogens (tertiary/aromatic N) is 4. The standard InChI is InChI=1S/C9H18N4O2S/c1-5-6-7-16(14,15)8-10-11-12-13(8)9(2,3)4/h5-7H2,1-4H3. The lowest BCUT2D eigenvalue weighted by molar-refractivity contribution is 0.317. The summed E-state index contributed by atoms with van der Waals surface area (Å²) < 4.78 is 25.3. The van der Waals surface area contributed by atoms with Gasteiger partial charge in [-0.2, -0.15) is 0 Å². The first-order valence-corrected chi connectivity index (χ1v) is 6.96. The molecule has 0 aromatic carbocycles. The molecule has 7 heteroatoms. The fraction of sp³-hybridized carbons (Fsp3) is 0.889. The molecule has 1 aromatic heterocycles. The third-order valence-corrected chi connectivity index (χ3v) is 3.76. The van der Waals surface area contributed by atoms with Crippen LogP contribution in [0.3, 0.4) is 0 Å². The molecule has 92 valence electrons. The average Bonchev–Trinajstić information content (AvgIpc) is 2.63. The molecule has 0 aliphatic carbocycles. The third kappa shape index (κ3) is 2.78. The van der Waals surface area contributed by atoms with E-state index in [9.17, 15) is 8.42 Å². The van der Waals surface area contributed by atoms with E-state index in [0.29, 0.717) is 6.42 Å². The zero-order chi connectivity index (χ0) is 12.4. The minimum absolute atomic E-state index is 0.0338. The van der Waals surface area contributed by atoms with Gasteiger partial charge in [0.25, 0.3) is 5.16 Å². The van der Waals surface area contributed by atoms with Crippen molar-refractivity contribution in [3.05, 3.63) is 0 Å². The summed E-state index contributed by atoms with van der Waals surface area (Å²) in [6, 6.07) is 0. The van der Waals surface area contributed by atoms with Crippen LogP contribution in [0.25, 0.3) is 0 Å². The van der Waals surface area contributed by atoms with Gasteiger partial charge in [0.2, 0.25) is 9.84 Å². The largest absolute Gasteiger partial charge is 0.268 e. The molecule has 0 N–H and O–H groups in total. The van der Waals surface area contributed by atoms with Crippen molar-refractivity contribution in [1.82, 2.24) is 20.2 Å². The first-order valence-electron chi connectivity index (χ1n) is 5.30. The lowest BCUT2D eigenvalue weighted by atomic mass is 10.1. The molecule has 0 saturated heterocycles. The topological polar surface area (TPSA) is 77.7 Å². The second kappa shape index (κ2) is 4.48. The van der Waals surface area contributed by atoms with Gasteiger partial charge < -0.3 is 0 Å². The molecular formula is C9H18N4O2S. The van der Waals surface area contributed by atoms with Crippen molar-refractivity contribution in [3.8, 4) is 0 Å². The van der Waals surface area contributed by atoms with E-state index >= 15 is 0 Å². The van der Waals surface area contributed by atoms with Crippen LogP contribution in [0.4, 0.5) is 0 Å². The predicted octanol–water partition coefficient (Wildman–Crippen LogP) is 1.00. The van der Waals surface area contributed by atoms with Crippen LogP contribution in [0, 0.1) is 0 Å². The van der Waals surface area contributed by atoms with Crippen molar-refractivity contribution in [2.75, 3.05) is 5.75 Å². The second-order valence-electron chi connectivity index (χ2n) is 4.72. The molecule has 0 unspecified atom stereocenters. The van der Waals surface area contributed by atoms with Gasteiger partial charge in [-0.1, -0.05) is 18.4 Å². The summed E-state index contributed by atoms with van der Waals surface area (Å²) in [6.45, 7) is 7.54. The number of hydrogen-bond acceptors (Lipinski definition) is 5. The molecule has 0 atom stereocenters. The molecule has 0 radical (unpaired) electrons.